The molecular weight excluding hydrogens is 231 g/mol. The van der Waals surface area contributed by atoms with Crippen LogP contribution in [0.25, 0.3) is 0 Å². The fraction of sp³-hybridized carbons (Fsp3) is 0.500. The number of halogens is 1. The molecule has 1 unspecified atom stereocenters. The first-order valence-corrected chi connectivity index (χ1v) is 6.40. The van der Waals surface area contributed by atoms with Gasteiger partial charge in [0.05, 0.1) is 11.2 Å². The number of rotatable bonds is 3. The third-order valence-corrected chi connectivity index (χ3v) is 3.65. The van der Waals surface area contributed by atoms with Crippen molar-refractivity contribution < 1.29 is 9.18 Å². The maximum atomic E-state index is 13.6. The number of aryl methyl sites for hydroxylation is 1. The third kappa shape index (κ3) is 2.38. The second kappa shape index (κ2) is 5.06. The molecule has 98 valence electrons. The molecule has 1 aromatic rings. The van der Waals surface area contributed by atoms with Crippen LogP contribution < -0.4 is 10.6 Å². The van der Waals surface area contributed by atoms with Gasteiger partial charge in [-0.05, 0) is 50.4 Å². The Kier molecular flexibility index (Phi) is 3.66. The summed E-state index contributed by atoms with van der Waals surface area (Å²) in [6.07, 6.45) is 2.51. The number of hydrogen-bond acceptors (Lipinski definition) is 2. The van der Waals surface area contributed by atoms with Crippen LogP contribution in [0, 0.1) is 12.7 Å². The van der Waals surface area contributed by atoms with E-state index in [9.17, 15) is 9.18 Å². The Balaban J connectivity index is 2.18. The summed E-state index contributed by atoms with van der Waals surface area (Å²) in [6, 6.07) is 4.73. The first kappa shape index (κ1) is 13.0. The highest BCUT2D eigenvalue weighted by molar-refractivity contribution is 5.98. The normalized spacial score (nSPS) is 23.1. The second-order valence-corrected chi connectivity index (χ2v) is 4.90. The molecule has 0 bridgehead atoms. The number of anilines is 1. The van der Waals surface area contributed by atoms with Gasteiger partial charge < -0.3 is 10.6 Å². The number of carbonyl (C=O) groups excluding carboxylic acids is 1. The highest BCUT2D eigenvalue weighted by Gasteiger charge is 2.39. The Hall–Kier alpha value is -1.42. The van der Waals surface area contributed by atoms with Gasteiger partial charge in [-0.3, -0.25) is 4.79 Å². The van der Waals surface area contributed by atoms with Crippen molar-refractivity contribution in [3.05, 3.63) is 29.6 Å². The molecule has 2 rings (SSSR count). The quantitative estimate of drug-likeness (QED) is 0.865. The monoisotopic (exact) mass is 250 g/mol. The molecule has 4 heteroatoms. The molecule has 0 aliphatic carbocycles. The Morgan fingerprint density at radius 1 is 1.56 bits per heavy atom. The van der Waals surface area contributed by atoms with Gasteiger partial charge in [0.2, 0.25) is 5.91 Å². The molecule has 1 atom stereocenters. The molecule has 1 fully saturated rings. The molecule has 1 aliphatic rings. The van der Waals surface area contributed by atoms with E-state index >= 15 is 0 Å². The van der Waals surface area contributed by atoms with E-state index < -0.39 is 11.4 Å². The van der Waals surface area contributed by atoms with Crippen LogP contribution in [0.3, 0.4) is 0 Å². The van der Waals surface area contributed by atoms with Crippen LogP contribution >= 0.6 is 0 Å². The van der Waals surface area contributed by atoms with Gasteiger partial charge in [0.1, 0.15) is 5.82 Å². The van der Waals surface area contributed by atoms with E-state index in [2.05, 4.69) is 10.6 Å². The molecule has 3 nitrogen and oxygen atoms in total. The number of carbonyl (C=O) groups is 1. The summed E-state index contributed by atoms with van der Waals surface area (Å²) in [4.78, 5) is 12.3. The van der Waals surface area contributed by atoms with Gasteiger partial charge in [0.15, 0.2) is 0 Å². The van der Waals surface area contributed by atoms with Crippen LogP contribution in [-0.2, 0) is 4.79 Å². The summed E-state index contributed by atoms with van der Waals surface area (Å²) < 4.78 is 13.6. The van der Waals surface area contributed by atoms with Crippen LogP contribution in [0.15, 0.2) is 18.2 Å². The zero-order valence-electron chi connectivity index (χ0n) is 10.8. The number of benzene rings is 1. The lowest BCUT2D eigenvalue weighted by molar-refractivity contribution is -0.122. The molecule has 2 N–H and O–H groups in total. The zero-order valence-corrected chi connectivity index (χ0v) is 10.8. The van der Waals surface area contributed by atoms with Crippen molar-refractivity contribution in [2.24, 2.45) is 0 Å². The van der Waals surface area contributed by atoms with Gasteiger partial charge in [-0.2, -0.15) is 0 Å². The smallest absolute Gasteiger partial charge is 0.244 e. The molecule has 0 aromatic heterocycles. The molecule has 1 aromatic carbocycles. The van der Waals surface area contributed by atoms with E-state index in [1.165, 1.54) is 6.07 Å². The van der Waals surface area contributed by atoms with Crippen LogP contribution in [0.5, 0.6) is 0 Å². The number of nitrogens with one attached hydrogen (secondary N) is 2. The minimum Gasteiger partial charge on any atom is -0.322 e. The van der Waals surface area contributed by atoms with E-state index in [1.807, 2.05) is 13.8 Å². The largest absolute Gasteiger partial charge is 0.322 e. The fourth-order valence-electron chi connectivity index (χ4n) is 2.44. The van der Waals surface area contributed by atoms with Gasteiger partial charge in [-0.15, -0.1) is 0 Å². The summed E-state index contributed by atoms with van der Waals surface area (Å²) in [7, 11) is 0. The van der Waals surface area contributed by atoms with Crippen LogP contribution in [0.4, 0.5) is 10.1 Å². The minimum atomic E-state index is -0.532. The van der Waals surface area contributed by atoms with Gasteiger partial charge >= 0.3 is 0 Å². The van der Waals surface area contributed by atoms with E-state index in [-0.39, 0.29) is 11.6 Å². The first-order valence-electron chi connectivity index (χ1n) is 6.40. The highest BCUT2D eigenvalue weighted by Crippen LogP contribution is 2.25. The molecule has 1 heterocycles. The first-order chi connectivity index (χ1) is 8.57. The summed E-state index contributed by atoms with van der Waals surface area (Å²) in [5.74, 6) is -0.523. The van der Waals surface area contributed by atoms with Gasteiger partial charge in [-0.25, -0.2) is 4.39 Å². The van der Waals surface area contributed by atoms with Crippen molar-refractivity contribution in [1.29, 1.82) is 0 Å². The average Bonchev–Trinajstić information content (AvgIpc) is 2.84. The Bertz CT molecular complexity index is 453. The van der Waals surface area contributed by atoms with Gasteiger partial charge in [0.25, 0.3) is 0 Å². The summed E-state index contributed by atoms with van der Waals surface area (Å²) >= 11 is 0. The topological polar surface area (TPSA) is 41.1 Å². The molecule has 1 amide bonds. The fourth-order valence-corrected chi connectivity index (χ4v) is 2.44. The van der Waals surface area contributed by atoms with Crippen LogP contribution in [0.2, 0.25) is 0 Å². The standard InChI is InChI=1S/C14H19FN2O/c1-3-14(7-4-8-16-14)13(18)17-12-9-10(2)5-6-11(12)15/h5-6,9,16H,3-4,7-8H2,1-2H3,(H,17,18). The Morgan fingerprint density at radius 2 is 2.33 bits per heavy atom. The molecule has 1 saturated heterocycles. The summed E-state index contributed by atoms with van der Waals surface area (Å²) in [5.41, 5.74) is 0.661. The van der Waals surface area contributed by atoms with E-state index in [0.717, 1.165) is 24.9 Å². The molecule has 0 spiro atoms. The average molecular weight is 250 g/mol. The molecule has 0 radical (unpaired) electrons. The van der Waals surface area contributed by atoms with E-state index in [0.29, 0.717) is 6.42 Å². The lowest BCUT2D eigenvalue weighted by Crippen LogP contribution is -2.50. The predicted molar refractivity (Wildman–Crippen MR) is 70.0 cm³/mol. The molecular formula is C14H19FN2O. The number of amides is 1. The Labute approximate surface area is 107 Å². The lowest BCUT2D eigenvalue weighted by atomic mass is 9.93. The highest BCUT2D eigenvalue weighted by atomic mass is 19.1. The van der Waals surface area contributed by atoms with Crippen molar-refractivity contribution in [3.8, 4) is 0 Å². The summed E-state index contributed by atoms with van der Waals surface area (Å²) in [5, 5.41) is 5.95. The maximum absolute atomic E-state index is 13.6. The Morgan fingerprint density at radius 3 is 2.94 bits per heavy atom. The van der Waals surface area contributed by atoms with Gasteiger partial charge in [0, 0.05) is 0 Å². The zero-order chi connectivity index (χ0) is 13.2. The molecule has 18 heavy (non-hydrogen) atoms. The second-order valence-electron chi connectivity index (χ2n) is 4.90. The van der Waals surface area contributed by atoms with Crippen LogP contribution in [0.1, 0.15) is 31.7 Å². The lowest BCUT2D eigenvalue weighted by Gasteiger charge is -2.26. The minimum absolute atomic E-state index is 0.132. The van der Waals surface area contributed by atoms with E-state index in [1.54, 1.807) is 12.1 Å². The van der Waals surface area contributed by atoms with Crippen molar-refractivity contribution in [2.45, 2.75) is 38.6 Å². The third-order valence-electron chi connectivity index (χ3n) is 3.65. The van der Waals surface area contributed by atoms with Crippen LogP contribution in [-0.4, -0.2) is 18.0 Å². The van der Waals surface area contributed by atoms with E-state index in [4.69, 9.17) is 0 Å². The SMILES string of the molecule is CCC1(C(=O)Nc2cc(C)ccc2F)CCCN1. The van der Waals surface area contributed by atoms with Crippen molar-refractivity contribution in [1.82, 2.24) is 5.32 Å². The maximum Gasteiger partial charge on any atom is 0.244 e. The summed E-state index contributed by atoms with van der Waals surface area (Å²) in [6.45, 7) is 4.70. The van der Waals surface area contributed by atoms with Gasteiger partial charge in [-0.1, -0.05) is 13.0 Å². The van der Waals surface area contributed by atoms with Crippen molar-refractivity contribution in [3.63, 3.8) is 0 Å². The van der Waals surface area contributed by atoms with Crippen molar-refractivity contribution in [2.75, 3.05) is 11.9 Å². The van der Waals surface area contributed by atoms with Crippen molar-refractivity contribution >= 4 is 11.6 Å². The molecule has 1 aliphatic heterocycles. The molecule has 0 saturated carbocycles. The number of hydrogen-bond donors (Lipinski definition) is 2. The predicted octanol–water partition coefficient (Wildman–Crippen LogP) is 2.60.